The SMILES string of the molecule is COc1c(O)c(OC)c(C(=O)C=CC2C=CC=CC2)c(OC)c1O. The molecule has 0 amide bonds. The first kappa shape index (κ1) is 17.5. The normalized spacial score (nSPS) is 16.4. The molecule has 24 heavy (non-hydrogen) atoms. The minimum absolute atomic E-state index is 0.0672. The lowest BCUT2D eigenvalue weighted by molar-refractivity contribution is 0.103. The maximum absolute atomic E-state index is 12.6. The molecule has 6 heteroatoms. The number of allylic oxidation sites excluding steroid dienone is 6. The summed E-state index contributed by atoms with van der Waals surface area (Å²) in [7, 11) is 3.89. The lowest BCUT2D eigenvalue weighted by Crippen LogP contribution is -2.05. The van der Waals surface area contributed by atoms with Crippen molar-refractivity contribution in [3.63, 3.8) is 0 Å². The van der Waals surface area contributed by atoms with E-state index in [1.807, 2.05) is 24.3 Å². The number of phenols is 2. The lowest BCUT2D eigenvalue weighted by Gasteiger charge is -2.17. The van der Waals surface area contributed by atoms with E-state index in [1.165, 1.54) is 27.4 Å². The van der Waals surface area contributed by atoms with Crippen LogP contribution in [-0.2, 0) is 0 Å². The summed E-state index contributed by atoms with van der Waals surface area (Å²) in [5.74, 6) is -1.72. The first-order valence-electron chi connectivity index (χ1n) is 7.34. The number of benzene rings is 1. The molecule has 6 nitrogen and oxygen atoms in total. The third-order valence-corrected chi connectivity index (χ3v) is 3.68. The minimum atomic E-state index is -0.462. The smallest absolute Gasteiger partial charge is 0.210 e. The van der Waals surface area contributed by atoms with Crippen molar-refractivity contribution in [1.82, 2.24) is 0 Å². The van der Waals surface area contributed by atoms with Crippen molar-refractivity contribution >= 4 is 5.78 Å². The molecule has 0 aliphatic heterocycles. The second kappa shape index (κ2) is 7.59. The van der Waals surface area contributed by atoms with E-state index in [2.05, 4.69) is 0 Å². The molecular weight excluding hydrogens is 312 g/mol. The molecule has 128 valence electrons. The van der Waals surface area contributed by atoms with Crippen LogP contribution in [0.15, 0.2) is 36.5 Å². The van der Waals surface area contributed by atoms with Crippen molar-refractivity contribution in [2.45, 2.75) is 6.42 Å². The van der Waals surface area contributed by atoms with E-state index in [0.29, 0.717) is 0 Å². The molecule has 2 rings (SSSR count). The topological polar surface area (TPSA) is 85.2 Å². The Kier molecular flexibility index (Phi) is 5.52. The number of methoxy groups -OCH3 is 3. The Bertz CT molecular complexity index is 684. The molecule has 0 bridgehead atoms. The second-order valence-corrected chi connectivity index (χ2v) is 5.11. The number of carbonyl (C=O) groups is 1. The van der Waals surface area contributed by atoms with Crippen LogP contribution in [0.5, 0.6) is 28.7 Å². The largest absolute Gasteiger partial charge is 0.502 e. The Morgan fingerprint density at radius 2 is 1.62 bits per heavy atom. The number of aromatic hydroxyl groups is 2. The maximum atomic E-state index is 12.6. The molecule has 1 aromatic carbocycles. The van der Waals surface area contributed by atoms with Crippen molar-refractivity contribution in [3.8, 4) is 28.7 Å². The van der Waals surface area contributed by atoms with Gasteiger partial charge in [-0.25, -0.2) is 0 Å². The van der Waals surface area contributed by atoms with Crippen molar-refractivity contribution in [1.29, 1.82) is 0 Å². The summed E-state index contributed by atoms with van der Waals surface area (Å²) in [6.45, 7) is 0. The fourth-order valence-electron chi connectivity index (χ4n) is 2.51. The monoisotopic (exact) mass is 332 g/mol. The summed E-state index contributed by atoms with van der Waals surface area (Å²) in [6, 6.07) is 0. The van der Waals surface area contributed by atoms with E-state index in [1.54, 1.807) is 6.08 Å². The van der Waals surface area contributed by atoms with Gasteiger partial charge in [-0.1, -0.05) is 30.4 Å². The predicted octanol–water partition coefficient (Wildman–Crippen LogP) is 2.99. The fraction of sp³-hybridized carbons (Fsp3) is 0.278. The Morgan fingerprint density at radius 1 is 1.04 bits per heavy atom. The molecule has 1 atom stereocenters. The zero-order valence-electron chi connectivity index (χ0n) is 13.8. The third-order valence-electron chi connectivity index (χ3n) is 3.68. The van der Waals surface area contributed by atoms with E-state index >= 15 is 0 Å². The molecule has 1 aliphatic rings. The van der Waals surface area contributed by atoms with Gasteiger partial charge in [-0.05, 0) is 18.4 Å². The number of carbonyl (C=O) groups excluding carboxylic acids is 1. The predicted molar refractivity (Wildman–Crippen MR) is 89.3 cm³/mol. The number of rotatable bonds is 6. The van der Waals surface area contributed by atoms with Crippen LogP contribution in [0.25, 0.3) is 0 Å². The van der Waals surface area contributed by atoms with Crippen molar-refractivity contribution in [3.05, 3.63) is 42.0 Å². The second-order valence-electron chi connectivity index (χ2n) is 5.11. The highest BCUT2D eigenvalue weighted by Crippen LogP contribution is 2.52. The highest BCUT2D eigenvalue weighted by atomic mass is 16.5. The van der Waals surface area contributed by atoms with E-state index in [4.69, 9.17) is 14.2 Å². The summed E-state index contributed by atoms with van der Waals surface area (Å²) in [5, 5.41) is 20.3. The van der Waals surface area contributed by atoms with Gasteiger partial charge in [0.05, 0.1) is 21.3 Å². The molecule has 0 fully saturated rings. The van der Waals surface area contributed by atoms with E-state index in [0.717, 1.165) is 6.42 Å². The Balaban J connectivity index is 2.47. The Labute approximate surface area is 140 Å². The van der Waals surface area contributed by atoms with Crippen LogP contribution in [0.3, 0.4) is 0 Å². The molecule has 0 saturated carbocycles. The van der Waals surface area contributed by atoms with Crippen LogP contribution in [0.1, 0.15) is 16.8 Å². The molecular formula is C18H20O6. The molecule has 2 N–H and O–H groups in total. The van der Waals surface area contributed by atoms with Gasteiger partial charge in [-0.3, -0.25) is 4.79 Å². The van der Waals surface area contributed by atoms with Gasteiger partial charge in [-0.15, -0.1) is 0 Å². The molecule has 0 aromatic heterocycles. The first-order valence-corrected chi connectivity index (χ1v) is 7.34. The molecule has 1 unspecified atom stereocenters. The van der Waals surface area contributed by atoms with Crippen LogP contribution in [0.2, 0.25) is 0 Å². The first-order chi connectivity index (χ1) is 11.5. The van der Waals surface area contributed by atoms with Gasteiger partial charge < -0.3 is 24.4 Å². The van der Waals surface area contributed by atoms with Gasteiger partial charge >= 0.3 is 0 Å². The van der Waals surface area contributed by atoms with E-state index in [9.17, 15) is 15.0 Å². The van der Waals surface area contributed by atoms with Gasteiger partial charge in [-0.2, -0.15) is 0 Å². The number of ketones is 1. The van der Waals surface area contributed by atoms with Crippen LogP contribution in [0, 0.1) is 5.92 Å². The molecule has 0 saturated heterocycles. The summed E-state index contributed by atoms with van der Waals surface area (Å²) in [5.41, 5.74) is -0.0672. The Hall–Kier alpha value is -2.89. The number of hydrogen-bond donors (Lipinski definition) is 2. The fourth-order valence-corrected chi connectivity index (χ4v) is 2.51. The van der Waals surface area contributed by atoms with Crippen LogP contribution >= 0.6 is 0 Å². The highest BCUT2D eigenvalue weighted by Gasteiger charge is 2.29. The molecule has 0 radical (unpaired) electrons. The standard InChI is InChI=1S/C18H20O6/c1-22-16-13(12(19)10-9-11-7-5-4-6-8-11)17(23-2)15(21)18(24-3)14(16)20/h4-7,9-11,20-21H,8H2,1-3H3. The Morgan fingerprint density at radius 3 is 2.08 bits per heavy atom. The van der Waals surface area contributed by atoms with Crippen LogP contribution in [-0.4, -0.2) is 37.3 Å². The summed E-state index contributed by atoms with van der Waals surface area (Å²) in [4.78, 5) is 12.6. The van der Waals surface area contributed by atoms with Gasteiger partial charge in [0.25, 0.3) is 0 Å². The molecule has 0 heterocycles. The summed E-state index contributed by atoms with van der Waals surface area (Å²) < 4.78 is 15.2. The number of hydrogen-bond acceptors (Lipinski definition) is 6. The molecule has 0 spiro atoms. The zero-order valence-corrected chi connectivity index (χ0v) is 13.8. The van der Waals surface area contributed by atoms with Crippen molar-refractivity contribution in [2.24, 2.45) is 5.92 Å². The molecule has 1 aromatic rings. The number of ether oxygens (including phenoxy) is 3. The third kappa shape index (κ3) is 3.22. The van der Waals surface area contributed by atoms with Gasteiger partial charge in [0.2, 0.25) is 17.2 Å². The lowest BCUT2D eigenvalue weighted by atomic mass is 9.98. The van der Waals surface area contributed by atoms with Crippen molar-refractivity contribution < 1.29 is 29.2 Å². The van der Waals surface area contributed by atoms with Crippen LogP contribution in [0.4, 0.5) is 0 Å². The van der Waals surface area contributed by atoms with Gasteiger partial charge in [0.1, 0.15) is 5.56 Å². The van der Waals surface area contributed by atoms with E-state index < -0.39 is 17.3 Å². The van der Waals surface area contributed by atoms with Crippen molar-refractivity contribution in [2.75, 3.05) is 21.3 Å². The average Bonchev–Trinajstić information content (AvgIpc) is 2.60. The quantitative estimate of drug-likeness (QED) is 0.615. The summed E-state index contributed by atoms with van der Waals surface area (Å²) >= 11 is 0. The average molecular weight is 332 g/mol. The van der Waals surface area contributed by atoms with E-state index in [-0.39, 0.29) is 28.7 Å². The van der Waals surface area contributed by atoms with Gasteiger partial charge in [0.15, 0.2) is 17.3 Å². The zero-order chi connectivity index (χ0) is 17.7. The summed E-state index contributed by atoms with van der Waals surface area (Å²) in [6.07, 6.45) is 11.8. The molecule has 1 aliphatic carbocycles. The number of phenolic OH excluding ortho intramolecular Hbond substituents is 2. The van der Waals surface area contributed by atoms with Crippen LogP contribution < -0.4 is 14.2 Å². The minimum Gasteiger partial charge on any atom is -0.502 e. The van der Waals surface area contributed by atoms with Gasteiger partial charge in [0, 0.05) is 0 Å². The highest BCUT2D eigenvalue weighted by molar-refractivity contribution is 6.10. The maximum Gasteiger partial charge on any atom is 0.210 e.